The standard InChI is InChI=1S/C8H15NO/c1-7(9-2)8-4-3-5-10-6-8/h8H,3-6H2,1-2H3/t8-/m1/s1. The molecule has 0 aromatic carbocycles. The maximum Gasteiger partial charge on any atom is 0.0546 e. The van der Waals surface area contributed by atoms with E-state index in [2.05, 4.69) is 11.9 Å². The van der Waals surface area contributed by atoms with Crippen LogP contribution in [-0.4, -0.2) is 26.0 Å². The molecular weight excluding hydrogens is 126 g/mol. The minimum absolute atomic E-state index is 0.596. The van der Waals surface area contributed by atoms with E-state index in [1.54, 1.807) is 0 Å². The predicted molar refractivity (Wildman–Crippen MR) is 42.6 cm³/mol. The van der Waals surface area contributed by atoms with E-state index >= 15 is 0 Å². The molecule has 0 radical (unpaired) electrons. The summed E-state index contributed by atoms with van der Waals surface area (Å²) in [5.74, 6) is 0.596. The zero-order chi connectivity index (χ0) is 7.40. The van der Waals surface area contributed by atoms with Gasteiger partial charge in [-0.25, -0.2) is 0 Å². The summed E-state index contributed by atoms with van der Waals surface area (Å²) in [6.07, 6.45) is 2.45. The molecule has 1 aliphatic heterocycles. The Bertz CT molecular complexity index is 125. The zero-order valence-corrected chi connectivity index (χ0v) is 6.76. The Balaban J connectivity index is 2.39. The Kier molecular flexibility index (Phi) is 2.87. The number of hydrogen-bond acceptors (Lipinski definition) is 2. The van der Waals surface area contributed by atoms with Crippen LogP contribution in [0.4, 0.5) is 0 Å². The third-order valence-corrected chi connectivity index (χ3v) is 2.10. The average Bonchev–Trinajstić information content (AvgIpc) is 2.05. The molecule has 1 fully saturated rings. The smallest absolute Gasteiger partial charge is 0.0546 e. The molecule has 0 unspecified atom stereocenters. The second kappa shape index (κ2) is 3.71. The number of aliphatic imine (C=N–C) groups is 1. The Hall–Kier alpha value is -0.370. The summed E-state index contributed by atoms with van der Waals surface area (Å²) in [5, 5.41) is 0. The molecule has 0 aromatic heterocycles. The highest BCUT2D eigenvalue weighted by atomic mass is 16.5. The van der Waals surface area contributed by atoms with E-state index in [-0.39, 0.29) is 0 Å². The summed E-state index contributed by atoms with van der Waals surface area (Å²) < 4.78 is 5.32. The van der Waals surface area contributed by atoms with Crippen LogP contribution in [0.5, 0.6) is 0 Å². The molecule has 1 aliphatic rings. The molecule has 1 rings (SSSR count). The quantitative estimate of drug-likeness (QED) is 0.507. The van der Waals surface area contributed by atoms with Gasteiger partial charge in [-0.3, -0.25) is 4.99 Å². The van der Waals surface area contributed by atoms with E-state index in [4.69, 9.17) is 4.74 Å². The summed E-state index contributed by atoms with van der Waals surface area (Å²) >= 11 is 0. The first-order valence-corrected chi connectivity index (χ1v) is 3.85. The first-order chi connectivity index (χ1) is 4.84. The molecule has 0 bridgehead atoms. The molecule has 0 spiro atoms. The SMILES string of the molecule is CN=C(C)[C@@H]1CCCOC1. The molecule has 0 amide bonds. The highest BCUT2D eigenvalue weighted by Gasteiger charge is 2.15. The van der Waals surface area contributed by atoms with Crippen molar-refractivity contribution in [3.05, 3.63) is 0 Å². The van der Waals surface area contributed by atoms with Gasteiger partial charge >= 0.3 is 0 Å². The molecular formula is C8H15NO. The fourth-order valence-corrected chi connectivity index (χ4v) is 1.25. The third kappa shape index (κ3) is 1.81. The highest BCUT2D eigenvalue weighted by molar-refractivity contribution is 5.84. The van der Waals surface area contributed by atoms with Gasteiger partial charge in [0.2, 0.25) is 0 Å². The Labute approximate surface area is 62.3 Å². The van der Waals surface area contributed by atoms with Crippen molar-refractivity contribution in [2.24, 2.45) is 10.9 Å². The van der Waals surface area contributed by atoms with Crippen LogP contribution >= 0.6 is 0 Å². The van der Waals surface area contributed by atoms with Crippen LogP contribution in [0, 0.1) is 5.92 Å². The Morgan fingerprint density at radius 2 is 2.40 bits per heavy atom. The van der Waals surface area contributed by atoms with Crippen LogP contribution in [-0.2, 0) is 4.74 Å². The molecule has 1 atom stereocenters. The lowest BCUT2D eigenvalue weighted by Gasteiger charge is -2.21. The summed E-state index contributed by atoms with van der Waals surface area (Å²) in [6.45, 7) is 3.90. The van der Waals surface area contributed by atoms with Crippen molar-refractivity contribution in [1.82, 2.24) is 0 Å². The van der Waals surface area contributed by atoms with E-state index in [0.717, 1.165) is 13.2 Å². The largest absolute Gasteiger partial charge is 0.381 e. The lowest BCUT2D eigenvalue weighted by atomic mass is 9.98. The lowest BCUT2D eigenvalue weighted by molar-refractivity contribution is 0.0767. The number of nitrogens with zero attached hydrogens (tertiary/aromatic N) is 1. The molecule has 0 aromatic rings. The molecule has 0 aliphatic carbocycles. The van der Waals surface area contributed by atoms with Crippen molar-refractivity contribution in [1.29, 1.82) is 0 Å². The van der Waals surface area contributed by atoms with Gasteiger partial charge in [-0.1, -0.05) is 0 Å². The van der Waals surface area contributed by atoms with E-state index in [1.165, 1.54) is 18.6 Å². The summed E-state index contributed by atoms with van der Waals surface area (Å²) in [5.41, 5.74) is 1.24. The molecule has 2 nitrogen and oxygen atoms in total. The van der Waals surface area contributed by atoms with Crippen LogP contribution in [0.2, 0.25) is 0 Å². The second-order valence-electron chi connectivity index (χ2n) is 2.78. The summed E-state index contributed by atoms with van der Waals surface area (Å²) in [4.78, 5) is 4.15. The summed E-state index contributed by atoms with van der Waals surface area (Å²) in [7, 11) is 1.85. The fourth-order valence-electron chi connectivity index (χ4n) is 1.25. The third-order valence-electron chi connectivity index (χ3n) is 2.10. The normalized spacial score (nSPS) is 28.6. The predicted octanol–water partition coefficient (Wildman–Crippen LogP) is 1.50. The maximum absolute atomic E-state index is 5.32. The first kappa shape index (κ1) is 7.73. The highest BCUT2D eigenvalue weighted by Crippen LogP contribution is 2.14. The van der Waals surface area contributed by atoms with Crippen molar-refractivity contribution in [2.45, 2.75) is 19.8 Å². The van der Waals surface area contributed by atoms with E-state index in [9.17, 15) is 0 Å². The van der Waals surface area contributed by atoms with Crippen LogP contribution in [0.1, 0.15) is 19.8 Å². The molecule has 0 N–H and O–H groups in total. The van der Waals surface area contributed by atoms with E-state index in [0.29, 0.717) is 5.92 Å². The van der Waals surface area contributed by atoms with Crippen molar-refractivity contribution < 1.29 is 4.74 Å². The van der Waals surface area contributed by atoms with Gasteiger partial charge in [-0.15, -0.1) is 0 Å². The van der Waals surface area contributed by atoms with Crippen molar-refractivity contribution >= 4 is 5.71 Å². The van der Waals surface area contributed by atoms with Crippen LogP contribution in [0.15, 0.2) is 4.99 Å². The average molecular weight is 141 g/mol. The van der Waals surface area contributed by atoms with Gasteiger partial charge in [0, 0.05) is 25.3 Å². The zero-order valence-electron chi connectivity index (χ0n) is 6.76. The number of ether oxygens (including phenoxy) is 1. The van der Waals surface area contributed by atoms with Gasteiger partial charge in [-0.05, 0) is 19.8 Å². The molecule has 2 heteroatoms. The van der Waals surface area contributed by atoms with Crippen LogP contribution in [0.3, 0.4) is 0 Å². The molecule has 10 heavy (non-hydrogen) atoms. The first-order valence-electron chi connectivity index (χ1n) is 3.85. The Morgan fingerprint density at radius 1 is 1.60 bits per heavy atom. The maximum atomic E-state index is 5.32. The van der Waals surface area contributed by atoms with Gasteiger partial charge in [0.25, 0.3) is 0 Å². The van der Waals surface area contributed by atoms with Crippen molar-refractivity contribution in [2.75, 3.05) is 20.3 Å². The van der Waals surface area contributed by atoms with Crippen LogP contribution in [0.25, 0.3) is 0 Å². The molecule has 1 heterocycles. The number of rotatable bonds is 1. The molecule has 1 saturated heterocycles. The van der Waals surface area contributed by atoms with E-state index < -0.39 is 0 Å². The van der Waals surface area contributed by atoms with Crippen molar-refractivity contribution in [3.8, 4) is 0 Å². The Morgan fingerprint density at radius 3 is 2.90 bits per heavy atom. The van der Waals surface area contributed by atoms with Gasteiger partial charge in [-0.2, -0.15) is 0 Å². The minimum Gasteiger partial charge on any atom is -0.381 e. The monoisotopic (exact) mass is 141 g/mol. The number of hydrogen-bond donors (Lipinski definition) is 0. The van der Waals surface area contributed by atoms with Gasteiger partial charge in [0.15, 0.2) is 0 Å². The molecule has 0 saturated carbocycles. The second-order valence-corrected chi connectivity index (χ2v) is 2.78. The minimum atomic E-state index is 0.596. The van der Waals surface area contributed by atoms with Crippen LogP contribution < -0.4 is 0 Å². The molecule has 58 valence electrons. The fraction of sp³-hybridized carbons (Fsp3) is 0.875. The van der Waals surface area contributed by atoms with Crippen molar-refractivity contribution in [3.63, 3.8) is 0 Å². The van der Waals surface area contributed by atoms with E-state index in [1.807, 2.05) is 7.05 Å². The van der Waals surface area contributed by atoms with Gasteiger partial charge in [0.1, 0.15) is 0 Å². The lowest BCUT2D eigenvalue weighted by Crippen LogP contribution is -2.23. The van der Waals surface area contributed by atoms with Gasteiger partial charge in [0.05, 0.1) is 6.61 Å². The van der Waals surface area contributed by atoms with Gasteiger partial charge < -0.3 is 4.74 Å². The topological polar surface area (TPSA) is 21.6 Å². The summed E-state index contributed by atoms with van der Waals surface area (Å²) in [6, 6.07) is 0.